The topological polar surface area (TPSA) is 3.24 Å². The van der Waals surface area contributed by atoms with Gasteiger partial charge in [-0.1, -0.05) is 84.6 Å². The van der Waals surface area contributed by atoms with Gasteiger partial charge in [0.05, 0.1) is 0 Å². The molecule has 3 aromatic rings. The molecule has 0 saturated carbocycles. The minimum Gasteiger partial charge on any atom is -0.276 e. The van der Waals surface area contributed by atoms with Gasteiger partial charge in [0.15, 0.2) is 0 Å². The zero-order valence-electron chi connectivity index (χ0n) is 13.5. The van der Waals surface area contributed by atoms with E-state index < -0.39 is 0 Å². The third-order valence-corrected chi connectivity index (χ3v) is 6.86. The molecule has 1 atom stereocenters. The lowest BCUT2D eigenvalue weighted by Crippen LogP contribution is -2.50. The first-order valence-electron chi connectivity index (χ1n) is 8.54. The van der Waals surface area contributed by atoms with Gasteiger partial charge in [0.1, 0.15) is 4.87 Å². The lowest BCUT2D eigenvalue weighted by Gasteiger charge is -2.51. The summed E-state index contributed by atoms with van der Waals surface area (Å²) < 4.78 is 0. The van der Waals surface area contributed by atoms with E-state index in [1.165, 1.54) is 27.1 Å². The molecule has 0 spiro atoms. The predicted octanol–water partition coefficient (Wildman–Crippen LogP) is 5.05. The maximum Gasteiger partial charge on any atom is 0.124 e. The summed E-state index contributed by atoms with van der Waals surface area (Å²) in [5, 5.41) is 0. The molecule has 5 rings (SSSR count). The fourth-order valence-corrected chi connectivity index (χ4v) is 5.70. The largest absolute Gasteiger partial charge is 0.276 e. The van der Waals surface area contributed by atoms with Gasteiger partial charge >= 0.3 is 0 Å². The molecule has 0 radical (unpaired) electrons. The molecule has 0 aromatic heterocycles. The summed E-state index contributed by atoms with van der Waals surface area (Å²) in [5.74, 6) is 0. The summed E-state index contributed by atoms with van der Waals surface area (Å²) in [7, 11) is 0. The fourth-order valence-electron chi connectivity index (χ4n) is 4.12. The van der Waals surface area contributed by atoms with E-state index in [1.807, 2.05) is 11.8 Å². The number of nitrogens with zero attached hydrogens (tertiary/aromatic N) is 1. The summed E-state index contributed by atoms with van der Waals surface area (Å²) in [6.07, 6.45) is 1.13. The van der Waals surface area contributed by atoms with Gasteiger partial charge < -0.3 is 0 Å². The van der Waals surface area contributed by atoms with E-state index in [4.69, 9.17) is 0 Å². The summed E-state index contributed by atoms with van der Waals surface area (Å²) in [6.45, 7) is 2.12. The highest BCUT2D eigenvalue weighted by atomic mass is 32.2. The number of hydrogen-bond donors (Lipinski definition) is 0. The van der Waals surface area contributed by atoms with Crippen molar-refractivity contribution in [3.63, 3.8) is 0 Å². The molecule has 0 amide bonds. The number of fused-ring (bicyclic) bond motifs is 4. The van der Waals surface area contributed by atoms with Crippen LogP contribution in [-0.4, -0.2) is 11.4 Å². The van der Waals surface area contributed by atoms with Gasteiger partial charge in [-0.15, -0.1) is 0 Å². The van der Waals surface area contributed by atoms with Crippen molar-refractivity contribution < 1.29 is 0 Å². The number of hydrogen-bond acceptors (Lipinski definition) is 2. The molecule has 0 aliphatic carbocycles. The van der Waals surface area contributed by atoms with E-state index in [1.54, 1.807) is 0 Å². The van der Waals surface area contributed by atoms with Gasteiger partial charge in [-0.05, 0) is 34.7 Å². The minimum absolute atomic E-state index is 0.107. The SMILES string of the molecule is c1ccc(C23Sc4ccccc4CN2CCc2ccccc23)cc1. The standard InChI is InChI=1S/C22H19NS/c1-2-10-19(11-3-1)22-20-12-6-4-8-17(20)14-15-23(22)16-18-9-5-7-13-21(18)24-22/h1-13H,14-16H2. The number of benzene rings is 3. The van der Waals surface area contributed by atoms with Crippen LogP contribution in [0.4, 0.5) is 0 Å². The lowest BCUT2D eigenvalue weighted by atomic mass is 9.87. The highest BCUT2D eigenvalue weighted by Gasteiger charge is 2.47. The molecule has 2 aliphatic rings. The van der Waals surface area contributed by atoms with Crippen LogP contribution in [0.3, 0.4) is 0 Å². The summed E-state index contributed by atoms with van der Waals surface area (Å²) in [6, 6.07) is 28.9. The maximum absolute atomic E-state index is 2.66. The van der Waals surface area contributed by atoms with Gasteiger partial charge in [-0.3, -0.25) is 4.90 Å². The summed E-state index contributed by atoms with van der Waals surface area (Å²) in [4.78, 5) is 3.97. The van der Waals surface area contributed by atoms with Crippen molar-refractivity contribution in [1.29, 1.82) is 0 Å². The average Bonchev–Trinajstić information content (AvgIpc) is 2.67. The van der Waals surface area contributed by atoms with E-state index >= 15 is 0 Å². The number of thioether (sulfide) groups is 1. The Bertz CT molecular complexity index is 889. The van der Waals surface area contributed by atoms with Crippen molar-refractivity contribution in [2.45, 2.75) is 22.7 Å². The molecule has 118 valence electrons. The van der Waals surface area contributed by atoms with Crippen LogP contribution in [0.25, 0.3) is 0 Å². The maximum atomic E-state index is 2.66. The van der Waals surface area contributed by atoms with E-state index in [-0.39, 0.29) is 4.87 Å². The zero-order valence-corrected chi connectivity index (χ0v) is 14.3. The molecule has 0 N–H and O–H groups in total. The molecule has 24 heavy (non-hydrogen) atoms. The molecule has 0 saturated heterocycles. The van der Waals surface area contributed by atoms with Crippen LogP contribution < -0.4 is 0 Å². The van der Waals surface area contributed by atoms with Crippen molar-refractivity contribution in [3.05, 3.63) is 101 Å². The van der Waals surface area contributed by atoms with E-state index in [2.05, 4.69) is 83.8 Å². The fraction of sp³-hybridized carbons (Fsp3) is 0.182. The molecular weight excluding hydrogens is 310 g/mol. The van der Waals surface area contributed by atoms with Crippen LogP contribution in [0.15, 0.2) is 83.8 Å². The lowest BCUT2D eigenvalue weighted by molar-refractivity contribution is 0.170. The first-order chi connectivity index (χ1) is 11.9. The molecule has 2 aliphatic heterocycles. The van der Waals surface area contributed by atoms with Crippen LogP contribution in [0.5, 0.6) is 0 Å². The van der Waals surface area contributed by atoms with Crippen molar-refractivity contribution in [2.24, 2.45) is 0 Å². The van der Waals surface area contributed by atoms with Gasteiger partial charge in [-0.2, -0.15) is 0 Å². The Labute approximate surface area is 147 Å². The molecule has 2 heterocycles. The quantitative estimate of drug-likeness (QED) is 0.614. The van der Waals surface area contributed by atoms with Crippen LogP contribution >= 0.6 is 11.8 Å². The Morgan fingerprint density at radius 1 is 0.750 bits per heavy atom. The minimum atomic E-state index is -0.107. The molecule has 1 nitrogen and oxygen atoms in total. The van der Waals surface area contributed by atoms with Crippen molar-refractivity contribution in [2.75, 3.05) is 6.54 Å². The highest BCUT2D eigenvalue weighted by molar-refractivity contribution is 8.00. The second-order valence-corrected chi connectivity index (χ2v) is 7.78. The first-order valence-corrected chi connectivity index (χ1v) is 9.35. The summed E-state index contributed by atoms with van der Waals surface area (Å²) >= 11 is 2.01. The van der Waals surface area contributed by atoms with E-state index in [0.717, 1.165) is 19.5 Å². The first kappa shape index (κ1) is 14.3. The van der Waals surface area contributed by atoms with Crippen LogP contribution in [-0.2, 0) is 17.8 Å². The van der Waals surface area contributed by atoms with Crippen LogP contribution in [0.1, 0.15) is 22.3 Å². The molecule has 2 heteroatoms. The second-order valence-electron chi connectivity index (χ2n) is 6.55. The molecule has 3 aromatic carbocycles. The molecule has 0 bridgehead atoms. The molecule has 0 fully saturated rings. The van der Waals surface area contributed by atoms with Crippen molar-refractivity contribution >= 4 is 11.8 Å². The Kier molecular flexibility index (Phi) is 3.29. The van der Waals surface area contributed by atoms with Crippen molar-refractivity contribution in [1.82, 2.24) is 4.90 Å². The Balaban J connectivity index is 1.79. The predicted molar refractivity (Wildman–Crippen MR) is 100 cm³/mol. The highest BCUT2D eigenvalue weighted by Crippen LogP contribution is 2.55. The Morgan fingerprint density at radius 2 is 1.46 bits per heavy atom. The van der Waals surface area contributed by atoms with E-state index in [0.29, 0.717) is 0 Å². The third-order valence-electron chi connectivity index (χ3n) is 5.24. The van der Waals surface area contributed by atoms with Gasteiger partial charge in [0.25, 0.3) is 0 Å². The van der Waals surface area contributed by atoms with Gasteiger partial charge in [0.2, 0.25) is 0 Å². The molecular formula is C22H19NS. The number of rotatable bonds is 1. The molecule has 1 unspecified atom stereocenters. The third kappa shape index (κ3) is 2.00. The Morgan fingerprint density at radius 3 is 2.33 bits per heavy atom. The monoisotopic (exact) mass is 329 g/mol. The smallest absolute Gasteiger partial charge is 0.124 e. The summed E-state index contributed by atoms with van der Waals surface area (Å²) in [5.41, 5.74) is 5.79. The van der Waals surface area contributed by atoms with Gasteiger partial charge in [-0.25, -0.2) is 0 Å². The zero-order chi connectivity index (χ0) is 16.0. The second kappa shape index (κ2) is 5.51. The average molecular weight is 329 g/mol. The van der Waals surface area contributed by atoms with Crippen LogP contribution in [0, 0.1) is 0 Å². The normalized spacial score (nSPS) is 22.3. The Hall–Kier alpha value is -2.03. The van der Waals surface area contributed by atoms with Crippen LogP contribution in [0.2, 0.25) is 0 Å². The van der Waals surface area contributed by atoms with E-state index in [9.17, 15) is 0 Å². The van der Waals surface area contributed by atoms with Crippen molar-refractivity contribution in [3.8, 4) is 0 Å². The van der Waals surface area contributed by atoms with Gasteiger partial charge in [0, 0.05) is 18.0 Å².